The molecular weight excluding hydrogens is 522 g/mol. The van der Waals surface area contributed by atoms with E-state index in [0.717, 1.165) is 86.6 Å². The second-order valence-corrected chi connectivity index (χ2v) is 10.9. The minimum atomic E-state index is -1.19. The molecule has 11 nitrogen and oxygen atoms in total. The van der Waals surface area contributed by atoms with Crippen LogP contribution in [0.15, 0.2) is 35.9 Å². The van der Waals surface area contributed by atoms with Crippen molar-refractivity contribution in [3.63, 3.8) is 0 Å². The third-order valence-electron chi connectivity index (χ3n) is 7.87. The molecule has 1 atom stereocenters. The molecule has 2 aromatic heterocycles. The van der Waals surface area contributed by atoms with Gasteiger partial charge in [-0.25, -0.2) is 24.5 Å². The lowest BCUT2D eigenvalue weighted by Gasteiger charge is -2.34. The van der Waals surface area contributed by atoms with Gasteiger partial charge in [-0.2, -0.15) is 0 Å². The maximum Gasteiger partial charge on any atom is 0.408 e. The lowest BCUT2D eigenvalue weighted by atomic mass is 9.92. The number of nitrogens with one attached hydrogen (secondary N) is 3. The van der Waals surface area contributed by atoms with Crippen molar-refractivity contribution in [2.45, 2.75) is 64.3 Å². The van der Waals surface area contributed by atoms with E-state index in [-0.39, 0.29) is 13.2 Å². The standard InChI is InChI=1S/C30H39N7O4/c1-19-26(32-17-25(29(38)39)36-30(40)41-18-21-7-4-3-5-8-21)33-20(2)34-28(19)37-15-12-22(13-16-37)24-11-10-23-9-6-14-31-27(23)35-24/h4,7-8,10-11,22,25H,3,5-6,9,12-18H2,1-2H3,(H,31,35)(H,36,40)(H,38,39)(H,32,33,34)/t25-/m0/s1. The van der Waals surface area contributed by atoms with Crippen LogP contribution in [0.3, 0.4) is 0 Å². The van der Waals surface area contributed by atoms with Crippen LogP contribution in [0.2, 0.25) is 0 Å². The van der Waals surface area contributed by atoms with E-state index in [1.807, 2.05) is 32.1 Å². The summed E-state index contributed by atoms with van der Waals surface area (Å²) >= 11 is 0. The highest BCUT2D eigenvalue weighted by Crippen LogP contribution is 2.33. The number of allylic oxidation sites excluding steroid dienone is 2. The molecule has 0 saturated carbocycles. The van der Waals surface area contributed by atoms with E-state index in [4.69, 9.17) is 14.7 Å². The first-order valence-corrected chi connectivity index (χ1v) is 14.5. The molecule has 218 valence electrons. The van der Waals surface area contributed by atoms with E-state index >= 15 is 0 Å². The highest BCUT2D eigenvalue weighted by Gasteiger charge is 2.26. The summed E-state index contributed by atoms with van der Waals surface area (Å²) in [6.07, 6.45) is 11.2. The number of aryl methyl sites for hydroxylation is 2. The predicted molar refractivity (Wildman–Crippen MR) is 158 cm³/mol. The lowest BCUT2D eigenvalue weighted by Crippen LogP contribution is -2.45. The van der Waals surface area contributed by atoms with Crippen LogP contribution < -0.4 is 20.9 Å². The van der Waals surface area contributed by atoms with Crippen LogP contribution in [0, 0.1) is 13.8 Å². The van der Waals surface area contributed by atoms with Crippen LogP contribution in [0.5, 0.6) is 0 Å². The van der Waals surface area contributed by atoms with Gasteiger partial charge in [-0.15, -0.1) is 0 Å². The summed E-state index contributed by atoms with van der Waals surface area (Å²) in [5.74, 6) is 2.25. The van der Waals surface area contributed by atoms with Gasteiger partial charge in [0.2, 0.25) is 0 Å². The van der Waals surface area contributed by atoms with Crippen LogP contribution in [-0.4, -0.2) is 70.9 Å². The maximum absolute atomic E-state index is 12.3. The summed E-state index contributed by atoms with van der Waals surface area (Å²) < 4.78 is 5.22. The molecule has 41 heavy (non-hydrogen) atoms. The topological polar surface area (TPSA) is 142 Å². The summed E-state index contributed by atoms with van der Waals surface area (Å²) in [4.78, 5) is 40.6. The SMILES string of the molecule is Cc1nc(NC[C@H](NC(=O)OCC2=CCCC=C2)C(=O)O)c(C)c(N2CCC(c3ccc4c(n3)NCCC4)CC2)n1. The number of pyridine rings is 1. The predicted octanol–water partition coefficient (Wildman–Crippen LogP) is 4.10. The molecule has 11 heteroatoms. The van der Waals surface area contributed by atoms with Crippen molar-refractivity contribution >= 4 is 29.5 Å². The summed E-state index contributed by atoms with van der Waals surface area (Å²) in [5, 5.41) is 18.7. The fraction of sp³-hybridized carbons (Fsp3) is 0.500. The molecule has 2 aliphatic heterocycles. The lowest BCUT2D eigenvalue weighted by molar-refractivity contribution is -0.138. The van der Waals surface area contributed by atoms with Crippen molar-refractivity contribution in [1.29, 1.82) is 0 Å². The van der Waals surface area contributed by atoms with Gasteiger partial charge in [-0.05, 0) is 69.6 Å². The van der Waals surface area contributed by atoms with Crippen molar-refractivity contribution in [2.24, 2.45) is 0 Å². The zero-order chi connectivity index (χ0) is 28.8. The number of anilines is 3. The molecular formula is C30H39N7O4. The van der Waals surface area contributed by atoms with Crippen LogP contribution in [0.4, 0.5) is 22.2 Å². The average molecular weight is 562 g/mol. The number of carbonyl (C=O) groups is 2. The number of alkyl carbamates (subject to hydrolysis) is 1. The summed E-state index contributed by atoms with van der Waals surface area (Å²) in [7, 11) is 0. The number of hydrogen-bond acceptors (Lipinski definition) is 9. The van der Waals surface area contributed by atoms with Crippen molar-refractivity contribution in [3.8, 4) is 0 Å². The third-order valence-corrected chi connectivity index (χ3v) is 7.87. The second-order valence-electron chi connectivity index (χ2n) is 10.9. The van der Waals surface area contributed by atoms with Crippen molar-refractivity contribution in [1.82, 2.24) is 20.3 Å². The molecule has 0 unspecified atom stereocenters. The number of carboxylic acid groups (broad SMARTS) is 1. The van der Waals surface area contributed by atoms with E-state index in [2.05, 4.69) is 38.0 Å². The Morgan fingerprint density at radius 3 is 2.76 bits per heavy atom. The molecule has 0 spiro atoms. The first kappa shape index (κ1) is 28.4. The van der Waals surface area contributed by atoms with Crippen LogP contribution in [0.25, 0.3) is 0 Å². The summed E-state index contributed by atoms with van der Waals surface area (Å²) in [6.45, 7) is 6.46. The van der Waals surface area contributed by atoms with E-state index < -0.39 is 18.1 Å². The largest absolute Gasteiger partial charge is 0.480 e. The van der Waals surface area contributed by atoms with Gasteiger partial charge in [0, 0.05) is 43.4 Å². The number of aromatic nitrogens is 3. The number of aliphatic carboxylic acids is 1. The molecule has 1 fully saturated rings. The zero-order valence-corrected chi connectivity index (χ0v) is 23.8. The molecule has 0 aromatic carbocycles. The van der Waals surface area contributed by atoms with Gasteiger partial charge in [0.25, 0.3) is 0 Å². The number of rotatable bonds is 9. The summed E-state index contributed by atoms with van der Waals surface area (Å²) in [5.41, 5.74) is 4.19. The van der Waals surface area contributed by atoms with Gasteiger partial charge in [0.05, 0.1) is 0 Å². The molecule has 4 N–H and O–H groups in total. The monoisotopic (exact) mass is 561 g/mol. The van der Waals surface area contributed by atoms with Gasteiger partial charge in [0.1, 0.15) is 35.9 Å². The Balaban J connectivity index is 1.18. The molecule has 5 rings (SSSR count). The van der Waals surface area contributed by atoms with Crippen LogP contribution in [0.1, 0.15) is 60.7 Å². The molecule has 3 aliphatic rings. The first-order valence-electron chi connectivity index (χ1n) is 14.5. The highest BCUT2D eigenvalue weighted by molar-refractivity contribution is 5.80. The molecule has 1 saturated heterocycles. The molecule has 2 aromatic rings. The average Bonchev–Trinajstić information content (AvgIpc) is 2.99. The minimum Gasteiger partial charge on any atom is -0.480 e. The molecule has 1 aliphatic carbocycles. The van der Waals surface area contributed by atoms with Gasteiger partial charge in [0.15, 0.2) is 0 Å². The number of hydrogen-bond donors (Lipinski definition) is 4. The van der Waals surface area contributed by atoms with E-state index in [0.29, 0.717) is 17.6 Å². The van der Waals surface area contributed by atoms with Crippen molar-refractivity contribution in [3.05, 3.63) is 58.6 Å². The fourth-order valence-corrected chi connectivity index (χ4v) is 5.56. The Hall–Kier alpha value is -4.15. The Morgan fingerprint density at radius 1 is 1.17 bits per heavy atom. The molecule has 1 amide bonds. The molecule has 0 bridgehead atoms. The first-order chi connectivity index (χ1) is 19.9. The Kier molecular flexibility index (Phi) is 9.01. The second kappa shape index (κ2) is 13.0. The number of ether oxygens (including phenoxy) is 1. The zero-order valence-electron chi connectivity index (χ0n) is 23.8. The number of piperidine rings is 1. The Morgan fingerprint density at radius 2 is 2.00 bits per heavy atom. The fourth-order valence-electron chi connectivity index (χ4n) is 5.56. The van der Waals surface area contributed by atoms with E-state index in [1.165, 1.54) is 5.56 Å². The normalized spacial score (nSPS) is 17.6. The highest BCUT2D eigenvalue weighted by atomic mass is 16.5. The smallest absolute Gasteiger partial charge is 0.408 e. The van der Waals surface area contributed by atoms with Gasteiger partial charge >= 0.3 is 12.1 Å². The third kappa shape index (κ3) is 7.14. The quantitative estimate of drug-likeness (QED) is 0.354. The van der Waals surface area contributed by atoms with E-state index in [1.54, 1.807) is 0 Å². The number of carbonyl (C=O) groups excluding carboxylic acids is 1. The molecule has 0 radical (unpaired) electrons. The van der Waals surface area contributed by atoms with Gasteiger partial charge in [-0.1, -0.05) is 24.3 Å². The Bertz CT molecular complexity index is 1330. The minimum absolute atomic E-state index is 0.0517. The number of amides is 1. The number of fused-ring (bicyclic) bond motifs is 1. The van der Waals surface area contributed by atoms with Gasteiger partial charge in [-0.3, -0.25) is 0 Å². The maximum atomic E-state index is 12.3. The van der Waals surface area contributed by atoms with Gasteiger partial charge < -0.3 is 30.7 Å². The van der Waals surface area contributed by atoms with Crippen molar-refractivity contribution < 1.29 is 19.4 Å². The van der Waals surface area contributed by atoms with Crippen LogP contribution >= 0.6 is 0 Å². The number of carboxylic acids is 1. The molecule has 4 heterocycles. The van der Waals surface area contributed by atoms with E-state index in [9.17, 15) is 14.7 Å². The van der Waals surface area contributed by atoms with Crippen molar-refractivity contribution in [2.75, 3.05) is 48.3 Å². The van der Waals surface area contributed by atoms with Crippen LogP contribution in [-0.2, 0) is 16.0 Å². The number of nitrogens with zero attached hydrogens (tertiary/aromatic N) is 4. The summed E-state index contributed by atoms with van der Waals surface area (Å²) in [6, 6.07) is 3.21. The Labute approximate surface area is 240 Å².